The number of nitrogens with one attached hydrogen (secondary N) is 2. The van der Waals surface area contributed by atoms with Gasteiger partial charge >= 0.3 is 30.0 Å². The van der Waals surface area contributed by atoms with E-state index in [-0.39, 0.29) is 12.5 Å². The Morgan fingerprint density at radius 1 is 0.792 bits per heavy atom. The molecule has 1 fully saturated rings. The molecule has 0 radical (unpaired) electrons. The van der Waals surface area contributed by atoms with E-state index < -0.39 is 85.3 Å². The molecule has 2 aromatic rings. The van der Waals surface area contributed by atoms with E-state index in [4.69, 9.17) is 28.4 Å². The third-order valence-corrected chi connectivity index (χ3v) is 7.77. The third-order valence-electron chi connectivity index (χ3n) is 7.77. The smallest absolute Gasteiger partial charge is 0.407 e. The van der Waals surface area contributed by atoms with Gasteiger partial charge in [-0.05, 0) is 29.2 Å². The van der Waals surface area contributed by atoms with E-state index in [1.165, 1.54) is 6.92 Å². The fraction of sp³-hybridized carbons (Fsp3) is 0.455. The average Bonchev–Trinajstić information content (AvgIpc) is 3.33. The van der Waals surface area contributed by atoms with Crippen LogP contribution in [0.5, 0.6) is 0 Å². The molecule has 2 aliphatic rings. The van der Waals surface area contributed by atoms with Gasteiger partial charge < -0.3 is 44.2 Å². The minimum atomic E-state index is -1.69. The molecule has 7 atom stereocenters. The van der Waals surface area contributed by atoms with Crippen molar-refractivity contribution in [3.05, 3.63) is 59.7 Å². The summed E-state index contributed by atoms with van der Waals surface area (Å²) < 4.78 is 33.2. The van der Waals surface area contributed by atoms with Gasteiger partial charge in [-0.3, -0.25) is 19.2 Å². The zero-order valence-corrected chi connectivity index (χ0v) is 27.0. The number of carbonyl (C=O) groups excluding carboxylic acids is 5. The highest BCUT2D eigenvalue weighted by molar-refractivity contribution is 5.81. The van der Waals surface area contributed by atoms with Crippen LogP contribution in [0.2, 0.25) is 0 Å². The minimum absolute atomic E-state index is 0.0722. The van der Waals surface area contributed by atoms with Crippen LogP contribution in [0.3, 0.4) is 0 Å². The fourth-order valence-corrected chi connectivity index (χ4v) is 5.84. The van der Waals surface area contributed by atoms with Crippen LogP contribution in [0, 0.1) is 0 Å². The Bertz CT molecular complexity index is 1500. The van der Waals surface area contributed by atoms with Crippen molar-refractivity contribution in [1.82, 2.24) is 10.6 Å². The Labute approximate surface area is 276 Å². The van der Waals surface area contributed by atoms with E-state index in [0.717, 1.165) is 49.9 Å². The van der Waals surface area contributed by atoms with Crippen molar-refractivity contribution in [1.29, 1.82) is 0 Å². The van der Waals surface area contributed by atoms with Crippen LogP contribution in [0.4, 0.5) is 4.79 Å². The Morgan fingerprint density at radius 2 is 1.35 bits per heavy atom. The van der Waals surface area contributed by atoms with Crippen LogP contribution in [-0.2, 0) is 52.4 Å². The summed E-state index contributed by atoms with van der Waals surface area (Å²) in [7, 11) is 0. The number of alkyl carbamates (subject to hydrolysis) is 1. The summed E-state index contributed by atoms with van der Waals surface area (Å²) in [5, 5.41) is 14.9. The molecule has 2 aromatic carbocycles. The Kier molecular flexibility index (Phi) is 11.7. The second-order valence-electron chi connectivity index (χ2n) is 11.3. The summed E-state index contributed by atoms with van der Waals surface area (Å²) in [6, 6.07) is 12.4. The summed E-state index contributed by atoms with van der Waals surface area (Å²) in [4.78, 5) is 73.2. The van der Waals surface area contributed by atoms with Crippen LogP contribution in [0.15, 0.2) is 48.5 Å². The molecule has 48 heavy (non-hydrogen) atoms. The molecular weight excluding hydrogens is 632 g/mol. The number of fused-ring (bicyclic) bond motifs is 3. The van der Waals surface area contributed by atoms with Crippen LogP contribution < -0.4 is 10.6 Å². The maximum absolute atomic E-state index is 13.0. The molecule has 4 rings (SSSR count). The molecule has 2 amide bonds. The van der Waals surface area contributed by atoms with Crippen molar-refractivity contribution in [2.75, 3.05) is 13.2 Å². The topological polar surface area (TPSA) is 202 Å². The molecule has 0 aromatic heterocycles. The Morgan fingerprint density at radius 3 is 1.88 bits per heavy atom. The molecule has 1 saturated heterocycles. The Balaban J connectivity index is 1.52. The summed E-state index contributed by atoms with van der Waals surface area (Å²) in [5.74, 6) is -4.67. The number of hydrogen-bond donors (Lipinski definition) is 3. The number of aliphatic carboxylic acids is 1. The Hall–Kier alpha value is -5.02. The number of rotatable bonds is 12. The van der Waals surface area contributed by atoms with Gasteiger partial charge in [-0.15, -0.1) is 0 Å². The monoisotopic (exact) mass is 670 g/mol. The molecule has 0 bridgehead atoms. The largest absolute Gasteiger partial charge is 0.480 e. The summed E-state index contributed by atoms with van der Waals surface area (Å²) >= 11 is 0. The summed E-state index contributed by atoms with van der Waals surface area (Å²) in [6.07, 6.45) is -7.98. The number of amides is 2. The molecule has 3 N–H and O–H groups in total. The van der Waals surface area contributed by atoms with E-state index >= 15 is 0 Å². The van der Waals surface area contributed by atoms with Gasteiger partial charge in [-0.2, -0.15) is 0 Å². The van der Waals surface area contributed by atoms with Crippen LogP contribution in [-0.4, -0.2) is 97.0 Å². The lowest BCUT2D eigenvalue weighted by Gasteiger charge is -2.45. The number of benzene rings is 2. The standard InChI is InChI=1S/C33H38N2O13/c1-16(27(31(40)41)35-33(42)44-14-25-23-12-8-6-10-21(23)22-11-7-9-13-24(22)25)45-32-28(34-17(2)36)30(47-20(5)39)29(46-19(4)38)26(48-32)15-43-18(3)37/h6-13,16,25-30,32H,14-15H2,1-5H3,(H,34,36)(H,35,42)(H,40,41)/t16-,26+,27+,28+,29-,30+,32-/m1/s1. The van der Waals surface area contributed by atoms with E-state index in [0.29, 0.717) is 0 Å². The van der Waals surface area contributed by atoms with Crippen molar-refractivity contribution in [2.45, 2.75) is 83.3 Å². The number of carboxylic acids is 1. The first-order chi connectivity index (χ1) is 22.8. The van der Waals surface area contributed by atoms with Crippen LogP contribution in [0.25, 0.3) is 11.1 Å². The highest BCUT2D eigenvalue weighted by Crippen LogP contribution is 2.44. The first kappa shape index (κ1) is 35.8. The minimum Gasteiger partial charge on any atom is -0.480 e. The predicted octanol–water partition coefficient (Wildman–Crippen LogP) is 2.04. The van der Waals surface area contributed by atoms with Crippen molar-refractivity contribution >= 4 is 35.9 Å². The highest BCUT2D eigenvalue weighted by Gasteiger charge is 2.52. The average molecular weight is 671 g/mol. The second-order valence-corrected chi connectivity index (χ2v) is 11.3. The van der Waals surface area contributed by atoms with E-state index in [2.05, 4.69) is 10.6 Å². The molecule has 1 aliphatic heterocycles. The molecule has 0 unspecified atom stereocenters. The third kappa shape index (κ3) is 8.66. The number of esters is 3. The molecule has 258 valence electrons. The molecular formula is C33H38N2O13. The predicted molar refractivity (Wildman–Crippen MR) is 164 cm³/mol. The van der Waals surface area contributed by atoms with E-state index in [1.807, 2.05) is 48.5 Å². The number of carboxylic acid groups (broad SMARTS) is 1. The van der Waals surface area contributed by atoms with E-state index in [9.17, 15) is 33.9 Å². The van der Waals surface area contributed by atoms with Gasteiger partial charge in [0.05, 0.1) is 6.10 Å². The molecule has 1 aliphatic carbocycles. The first-order valence-electron chi connectivity index (χ1n) is 15.2. The maximum Gasteiger partial charge on any atom is 0.407 e. The van der Waals surface area contributed by atoms with Crippen molar-refractivity contribution in [3.63, 3.8) is 0 Å². The molecule has 15 nitrogen and oxygen atoms in total. The lowest BCUT2D eigenvalue weighted by atomic mass is 9.95. The molecule has 15 heteroatoms. The van der Waals surface area contributed by atoms with Gasteiger partial charge in [0, 0.05) is 33.6 Å². The van der Waals surface area contributed by atoms with Crippen molar-refractivity contribution in [2.24, 2.45) is 0 Å². The lowest BCUT2D eigenvalue weighted by Crippen LogP contribution is -2.67. The number of ether oxygens (including phenoxy) is 6. The second kappa shape index (κ2) is 15.7. The maximum atomic E-state index is 13.0. The van der Waals surface area contributed by atoms with Gasteiger partial charge in [-0.1, -0.05) is 48.5 Å². The van der Waals surface area contributed by atoms with Gasteiger partial charge in [0.2, 0.25) is 5.91 Å². The quantitative estimate of drug-likeness (QED) is 0.219. The van der Waals surface area contributed by atoms with Gasteiger partial charge in [0.25, 0.3) is 0 Å². The molecule has 0 spiro atoms. The van der Waals surface area contributed by atoms with Crippen LogP contribution in [0.1, 0.15) is 51.7 Å². The fourth-order valence-electron chi connectivity index (χ4n) is 5.84. The van der Waals surface area contributed by atoms with Crippen molar-refractivity contribution < 1.29 is 62.3 Å². The highest BCUT2D eigenvalue weighted by atomic mass is 16.7. The molecule has 1 heterocycles. The van der Waals surface area contributed by atoms with E-state index in [1.54, 1.807) is 0 Å². The zero-order chi connectivity index (χ0) is 35.1. The SMILES string of the molecule is CC(=O)N[C@@H]1[C@H](O[C@H](C)[C@H](NC(=O)OCC2c3ccccc3-c3ccccc32)C(=O)O)O[C@@H](COC(C)=O)[C@@H](OC(C)=O)[C@H]1OC(C)=O. The summed E-state index contributed by atoms with van der Waals surface area (Å²) in [5.41, 5.74) is 3.97. The van der Waals surface area contributed by atoms with Gasteiger partial charge in [0.1, 0.15) is 25.4 Å². The van der Waals surface area contributed by atoms with Gasteiger partial charge in [-0.25, -0.2) is 9.59 Å². The van der Waals surface area contributed by atoms with Crippen LogP contribution >= 0.6 is 0 Å². The number of carbonyl (C=O) groups is 6. The van der Waals surface area contributed by atoms with Crippen molar-refractivity contribution in [3.8, 4) is 11.1 Å². The summed E-state index contributed by atoms with van der Waals surface area (Å²) in [6.45, 7) is 5.26. The first-order valence-corrected chi connectivity index (χ1v) is 15.2. The normalized spacial score (nSPS) is 22.6. The zero-order valence-electron chi connectivity index (χ0n) is 27.0. The molecule has 0 saturated carbocycles. The number of hydrogen-bond acceptors (Lipinski definition) is 12. The lowest BCUT2D eigenvalue weighted by molar-refractivity contribution is -0.287. The van der Waals surface area contributed by atoms with Gasteiger partial charge in [0.15, 0.2) is 24.5 Å².